The molecule has 1 unspecified atom stereocenters. The molecule has 4 aromatic carbocycles. The number of fused-ring (bicyclic) bond motifs is 1. The monoisotopic (exact) mass is 550 g/mol. The molecule has 1 N–H and O–H groups in total. The molecule has 0 aliphatic rings. The van der Waals surface area contributed by atoms with Crippen LogP contribution in [0.4, 0.5) is 15.8 Å². The van der Waals surface area contributed by atoms with Gasteiger partial charge in [0.15, 0.2) is 0 Å². The first kappa shape index (κ1) is 27.5. The van der Waals surface area contributed by atoms with Crippen LogP contribution < -0.4 is 10.2 Å². The first-order valence-corrected chi connectivity index (χ1v) is 13.3. The SMILES string of the molecule is Cc1ccc(CN(C(=O)Cn2nnc3ccccc32)C(C(=O)Nc2ccc(N(C)C)cc2)c2ccc(F)cc2)cc1. The number of hydrogen-bond acceptors (Lipinski definition) is 5. The Morgan fingerprint density at radius 3 is 2.27 bits per heavy atom. The summed E-state index contributed by atoms with van der Waals surface area (Å²) in [4.78, 5) is 31.5. The van der Waals surface area contributed by atoms with Crippen molar-refractivity contribution in [3.8, 4) is 0 Å². The summed E-state index contributed by atoms with van der Waals surface area (Å²) in [5.41, 5.74) is 5.35. The van der Waals surface area contributed by atoms with Crippen molar-refractivity contribution in [3.05, 3.63) is 120 Å². The van der Waals surface area contributed by atoms with Crippen molar-refractivity contribution >= 4 is 34.2 Å². The average molecular weight is 551 g/mol. The molecule has 2 amide bonds. The molecule has 5 rings (SSSR count). The van der Waals surface area contributed by atoms with Gasteiger partial charge in [0.05, 0.1) is 5.52 Å². The van der Waals surface area contributed by atoms with Crippen LogP contribution in [-0.2, 0) is 22.7 Å². The Kier molecular flexibility index (Phi) is 8.05. The quantitative estimate of drug-likeness (QED) is 0.267. The van der Waals surface area contributed by atoms with Crippen molar-refractivity contribution in [2.75, 3.05) is 24.3 Å². The predicted octanol–water partition coefficient (Wildman–Crippen LogP) is 5.35. The van der Waals surface area contributed by atoms with E-state index in [1.165, 1.54) is 33.8 Å². The summed E-state index contributed by atoms with van der Waals surface area (Å²) in [5, 5.41) is 11.3. The number of carbonyl (C=O) groups excluding carboxylic acids is 2. The zero-order valence-electron chi connectivity index (χ0n) is 23.2. The standard InChI is InChI=1S/C32H31FN6O2/c1-22-8-10-23(11-9-22)20-38(30(40)21-39-29-7-5-4-6-28(29)35-36-39)31(24-12-14-25(33)15-13-24)32(41)34-26-16-18-27(19-17-26)37(2)3/h4-19,31H,20-21H2,1-3H3,(H,34,41). The number of benzene rings is 4. The van der Waals surface area contributed by atoms with Gasteiger partial charge in [0, 0.05) is 32.0 Å². The fourth-order valence-electron chi connectivity index (χ4n) is 4.64. The van der Waals surface area contributed by atoms with E-state index in [0.717, 1.165) is 16.8 Å². The van der Waals surface area contributed by atoms with E-state index in [9.17, 15) is 14.0 Å². The van der Waals surface area contributed by atoms with E-state index in [4.69, 9.17) is 0 Å². The Bertz CT molecular complexity index is 1650. The molecule has 0 saturated heterocycles. The fraction of sp³-hybridized carbons (Fsp3) is 0.188. The lowest BCUT2D eigenvalue weighted by Crippen LogP contribution is -2.42. The third-order valence-corrected chi connectivity index (χ3v) is 6.90. The molecule has 0 aliphatic carbocycles. The molecule has 0 fully saturated rings. The van der Waals surface area contributed by atoms with Gasteiger partial charge in [-0.2, -0.15) is 0 Å². The number of aryl methyl sites for hydroxylation is 1. The molecule has 0 aliphatic heterocycles. The smallest absolute Gasteiger partial charge is 0.251 e. The first-order chi connectivity index (χ1) is 19.8. The number of carbonyl (C=O) groups is 2. The molecule has 0 radical (unpaired) electrons. The van der Waals surface area contributed by atoms with Crippen LogP contribution in [0.25, 0.3) is 11.0 Å². The summed E-state index contributed by atoms with van der Waals surface area (Å²) < 4.78 is 15.5. The van der Waals surface area contributed by atoms with E-state index in [1.807, 2.05) is 98.7 Å². The molecular weight excluding hydrogens is 519 g/mol. The van der Waals surface area contributed by atoms with Gasteiger partial charge in [-0.3, -0.25) is 9.59 Å². The number of halogens is 1. The van der Waals surface area contributed by atoms with Gasteiger partial charge in [0.1, 0.15) is 23.9 Å². The van der Waals surface area contributed by atoms with Crippen LogP contribution in [0.5, 0.6) is 0 Å². The lowest BCUT2D eigenvalue weighted by Gasteiger charge is -2.32. The maximum atomic E-state index is 14.1. The second-order valence-electron chi connectivity index (χ2n) is 10.1. The Morgan fingerprint density at radius 2 is 1.59 bits per heavy atom. The van der Waals surface area contributed by atoms with Crippen LogP contribution in [0.2, 0.25) is 0 Å². The third-order valence-electron chi connectivity index (χ3n) is 6.90. The van der Waals surface area contributed by atoms with Gasteiger partial charge in [-0.25, -0.2) is 9.07 Å². The molecule has 9 heteroatoms. The molecule has 0 spiro atoms. The van der Waals surface area contributed by atoms with Crippen LogP contribution in [0.3, 0.4) is 0 Å². The van der Waals surface area contributed by atoms with Crippen LogP contribution >= 0.6 is 0 Å². The molecule has 8 nitrogen and oxygen atoms in total. The summed E-state index contributed by atoms with van der Waals surface area (Å²) in [6, 6.07) is 27.2. The number of rotatable bonds is 9. The molecule has 41 heavy (non-hydrogen) atoms. The van der Waals surface area contributed by atoms with Gasteiger partial charge in [-0.05, 0) is 66.6 Å². The minimum Gasteiger partial charge on any atom is -0.378 e. The van der Waals surface area contributed by atoms with Crippen LogP contribution in [0.15, 0.2) is 97.1 Å². The lowest BCUT2D eigenvalue weighted by atomic mass is 10.0. The summed E-state index contributed by atoms with van der Waals surface area (Å²) in [5.74, 6) is -1.19. The van der Waals surface area contributed by atoms with E-state index in [0.29, 0.717) is 22.3 Å². The van der Waals surface area contributed by atoms with Gasteiger partial charge in [0.25, 0.3) is 5.91 Å². The molecule has 1 aromatic heterocycles. The summed E-state index contributed by atoms with van der Waals surface area (Å²) >= 11 is 0. The highest BCUT2D eigenvalue weighted by molar-refractivity contribution is 5.98. The first-order valence-electron chi connectivity index (χ1n) is 13.3. The highest BCUT2D eigenvalue weighted by Gasteiger charge is 2.32. The highest BCUT2D eigenvalue weighted by atomic mass is 19.1. The number of hydrogen-bond donors (Lipinski definition) is 1. The van der Waals surface area contributed by atoms with Gasteiger partial charge in [-0.15, -0.1) is 5.10 Å². The number of nitrogens with one attached hydrogen (secondary N) is 1. The molecule has 0 bridgehead atoms. The fourth-order valence-corrected chi connectivity index (χ4v) is 4.64. The minimum atomic E-state index is -1.05. The second-order valence-corrected chi connectivity index (χ2v) is 10.1. The normalized spacial score (nSPS) is 11.7. The molecule has 208 valence electrons. The van der Waals surface area contributed by atoms with Crippen LogP contribution in [0, 0.1) is 12.7 Å². The summed E-state index contributed by atoms with van der Waals surface area (Å²) in [6.45, 7) is 2.01. The van der Waals surface area contributed by atoms with Crippen molar-refractivity contribution in [3.63, 3.8) is 0 Å². The number of aromatic nitrogens is 3. The predicted molar refractivity (Wildman–Crippen MR) is 158 cm³/mol. The Morgan fingerprint density at radius 1 is 0.902 bits per heavy atom. The molecule has 1 heterocycles. The number of para-hydroxylation sites is 1. The van der Waals surface area contributed by atoms with Crippen molar-refractivity contribution in [2.45, 2.75) is 26.1 Å². The second kappa shape index (κ2) is 12.0. The Labute approximate surface area is 238 Å². The van der Waals surface area contributed by atoms with Gasteiger partial charge >= 0.3 is 0 Å². The van der Waals surface area contributed by atoms with E-state index in [-0.39, 0.29) is 19.0 Å². The topological polar surface area (TPSA) is 83.4 Å². The lowest BCUT2D eigenvalue weighted by molar-refractivity contribution is -0.140. The molecular formula is C32H31FN6O2. The van der Waals surface area contributed by atoms with E-state index < -0.39 is 17.8 Å². The van der Waals surface area contributed by atoms with Crippen molar-refractivity contribution in [1.82, 2.24) is 19.9 Å². The maximum absolute atomic E-state index is 14.1. The zero-order chi connectivity index (χ0) is 28.9. The molecule has 1 atom stereocenters. The Balaban J connectivity index is 1.53. The van der Waals surface area contributed by atoms with Gasteiger partial charge < -0.3 is 15.1 Å². The maximum Gasteiger partial charge on any atom is 0.251 e. The average Bonchev–Trinajstić information content (AvgIpc) is 3.37. The van der Waals surface area contributed by atoms with Crippen LogP contribution in [0.1, 0.15) is 22.7 Å². The van der Waals surface area contributed by atoms with Crippen molar-refractivity contribution in [1.29, 1.82) is 0 Å². The number of anilines is 2. The molecule has 5 aromatic rings. The number of amides is 2. The van der Waals surface area contributed by atoms with Gasteiger partial charge in [-0.1, -0.05) is 59.3 Å². The van der Waals surface area contributed by atoms with E-state index in [1.54, 1.807) is 0 Å². The zero-order valence-corrected chi connectivity index (χ0v) is 23.2. The largest absolute Gasteiger partial charge is 0.378 e. The van der Waals surface area contributed by atoms with Crippen LogP contribution in [-0.4, -0.2) is 45.8 Å². The Hall–Kier alpha value is -5.05. The minimum absolute atomic E-state index is 0.130. The van der Waals surface area contributed by atoms with E-state index >= 15 is 0 Å². The third kappa shape index (κ3) is 6.41. The van der Waals surface area contributed by atoms with E-state index in [2.05, 4.69) is 15.6 Å². The molecule has 0 saturated carbocycles. The van der Waals surface area contributed by atoms with Crippen molar-refractivity contribution in [2.24, 2.45) is 0 Å². The number of nitrogens with zero attached hydrogens (tertiary/aromatic N) is 5. The summed E-state index contributed by atoms with van der Waals surface area (Å²) in [6.07, 6.45) is 0. The highest BCUT2D eigenvalue weighted by Crippen LogP contribution is 2.27. The van der Waals surface area contributed by atoms with Gasteiger partial charge in [0.2, 0.25) is 5.91 Å². The van der Waals surface area contributed by atoms with Crippen molar-refractivity contribution < 1.29 is 14.0 Å². The summed E-state index contributed by atoms with van der Waals surface area (Å²) in [7, 11) is 3.87.